The van der Waals surface area contributed by atoms with E-state index in [1.807, 2.05) is 12.1 Å². The van der Waals surface area contributed by atoms with Crippen molar-refractivity contribution in [2.75, 3.05) is 19.5 Å². The molecule has 176 valence electrons. The zero-order valence-corrected chi connectivity index (χ0v) is 20.5. The number of ether oxygens (including phenoxy) is 2. The van der Waals surface area contributed by atoms with E-state index in [1.54, 1.807) is 20.3 Å². The van der Waals surface area contributed by atoms with Crippen molar-refractivity contribution in [3.8, 4) is 11.5 Å². The number of carbonyl (C=O) groups is 1. The summed E-state index contributed by atoms with van der Waals surface area (Å²) in [6.07, 6.45) is 4.05. The molecule has 4 atom stereocenters. The normalized spacial score (nSPS) is 24.2. The van der Waals surface area contributed by atoms with E-state index in [4.69, 9.17) is 32.7 Å². The fourth-order valence-corrected chi connectivity index (χ4v) is 5.94. The molecule has 2 aromatic carbocycles. The molecule has 4 rings (SSSR count). The Bertz CT molecular complexity index is 1050. The molecule has 1 aliphatic carbocycles. The first-order valence-corrected chi connectivity index (χ1v) is 11.8. The third-order valence-electron chi connectivity index (χ3n) is 6.76. The second-order valence-electron chi connectivity index (χ2n) is 8.65. The number of hydrazine groups is 1. The molecular formula is C25H29Cl2N3O3. The number of carbonyl (C=O) groups excluding carboxylic acids is 1. The fraction of sp³-hybridized carbons (Fsp3) is 0.400. The quantitative estimate of drug-likeness (QED) is 0.464. The van der Waals surface area contributed by atoms with Gasteiger partial charge in [0.15, 0.2) is 0 Å². The van der Waals surface area contributed by atoms with Crippen molar-refractivity contribution < 1.29 is 14.3 Å². The van der Waals surface area contributed by atoms with Crippen molar-refractivity contribution in [1.29, 1.82) is 0 Å². The third kappa shape index (κ3) is 4.58. The molecule has 2 aliphatic rings. The van der Waals surface area contributed by atoms with Crippen molar-refractivity contribution >= 4 is 34.8 Å². The zero-order chi connectivity index (χ0) is 23.7. The second kappa shape index (κ2) is 9.94. The molecule has 0 aromatic heterocycles. The summed E-state index contributed by atoms with van der Waals surface area (Å²) in [6.45, 7) is 5.62. The Morgan fingerprint density at radius 1 is 1.12 bits per heavy atom. The molecule has 0 spiro atoms. The van der Waals surface area contributed by atoms with E-state index in [-0.39, 0.29) is 23.9 Å². The standard InChI is InChI=1S/C25H29Cl2N3O3/c1-5-21(31)28-17-9-6-13(2)10-16(17)25-15-8-7-14(11-18(15)29-30-25)22-23(26)19(32-3)12-20(33-4)24(22)27/h5-6,9-10,12,14-15,18,25,29-30H,1,7-8,11H2,2-4H3,(H,28,31). The highest BCUT2D eigenvalue weighted by Crippen LogP contribution is 2.51. The molecule has 6 nitrogen and oxygen atoms in total. The largest absolute Gasteiger partial charge is 0.495 e. The average Bonchev–Trinajstić information content (AvgIpc) is 3.23. The molecule has 2 aromatic rings. The summed E-state index contributed by atoms with van der Waals surface area (Å²) in [7, 11) is 3.18. The lowest BCUT2D eigenvalue weighted by molar-refractivity contribution is -0.111. The number of nitrogens with one attached hydrogen (secondary N) is 3. The van der Waals surface area contributed by atoms with Gasteiger partial charge in [-0.05, 0) is 55.7 Å². The van der Waals surface area contributed by atoms with Gasteiger partial charge in [-0.15, -0.1) is 0 Å². The first kappa shape index (κ1) is 23.9. The van der Waals surface area contributed by atoms with Crippen molar-refractivity contribution in [1.82, 2.24) is 10.9 Å². The Labute approximate surface area is 204 Å². The summed E-state index contributed by atoms with van der Waals surface area (Å²) in [6, 6.07) is 8.10. The van der Waals surface area contributed by atoms with Crippen molar-refractivity contribution in [2.24, 2.45) is 5.92 Å². The minimum Gasteiger partial charge on any atom is -0.495 e. The number of rotatable bonds is 6. The minimum atomic E-state index is -0.220. The number of benzene rings is 2. The molecule has 3 N–H and O–H groups in total. The Balaban J connectivity index is 1.60. The number of amides is 1. The molecular weight excluding hydrogens is 461 g/mol. The van der Waals surface area contributed by atoms with Gasteiger partial charge in [0.1, 0.15) is 11.5 Å². The maximum Gasteiger partial charge on any atom is 0.247 e. The summed E-state index contributed by atoms with van der Waals surface area (Å²) in [5, 5.41) is 4.03. The maximum absolute atomic E-state index is 12.0. The number of hydrogen-bond acceptors (Lipinski definition) is 5. The van der Waals surface area contributed by atoms with E-state index in [1.165, 1.54) is 6.08 Å². The number of hydrogen-bond donors (Lipinski definition) is 3. The molecule has 1 heterocycles. The van der Waals surface area contributed by atoms with Crippen LogP contribution >= 0.6 is 23.2 Å². The molecule has 2 fully saturated rings. The lowest BCUT2D eigenvalue weighted by atomic mass is 9.72. The monoisotopic (exact) mass is 489 g/mol. The summed E-state index contributed by atoms with van der Waals surface area (Å²) >= 11 is 13.4. The van der Waals surface area contributed by atoms with E-state index in [2.05, 4.69) is 35.7 Å². The highest BCUT2D eigenvalue weighted by Gasteiger charge is 2.43. The van der Waals surface area contributed by atoms with Gasteiger partial charge in [0.25, 0.3) is 0 Å². The molecule has 4 unspecified atom stereocenters. The van der Waals surface area contributed by atoms with Gasteiger partial charge in [0.05, 0.1) is 30.3 Å². The van der Waals surface area contributed by atoms with E-state index in [9.17, 15) is 4.79 Å². The average molecular weight is 490 g/mol. The van der Waals surface area contributed by atoms with Gasteiger partial charge in [-0.3, -0.25) is 10.2 Å². The van der Waals surface area contributed by atoms with Gasteiger partial charge in [-0.1, -0.05) is 47.5 Å². The van der Waals surface area contributed by atoms with Crippen LogP contribution in [0.3, 0.4) is 0 Å². The fourth-order valence-electron chi connectivity index (χ4n) is 5.13. The number of aryl methyl sites for hydroxylation is 1. The lowest BCUT2D eigenvalue weighted by Gasteiger charge is -2.34. The Hall–Kier alpha value is -2.25. The van der Waals surface area contributed by atoms with Crippen LogP contribution < -0.4 is 25.6 Å². The Morgan fingerprint density at radius 2 is 1.82 bits per heavy atom. The van der Waals surface area contributed by atoms with Gasteiger partial charge in [0.2, 0.25) is 5.91 Å². The molecule has 8 heteroatoms. The smallest absolute Gasteiger partial charge is 0.247 e. The van der Waals surface area contributed by atoms with Crippen LogP contribution in [0.1, 0.15) is 47.9 Å². The number of halogens is 2. The zero-order valence-electron chi connectivity index (χ0n) is 19.0. The number of anilines is 1. The van der Waals surface area contributed by atoms with Crippen LogP contribution in [0, 0.1) is 12.8 Å². The molecule has 33 heavy (non-hydrogen) atoms. The topological polar surface area (TPSA) is 71.6 Å². The van der Waals surface area contributed by atoms with Crippen LogP contribution in [0.4, 0.5) is 5.69 Å². The summed E-state index contributed by atoms with van der Waals surface area (Å²) in [5.41, 5.74) is 10.9. The Morgan fingerprint density at radius 3 is 2.45 bits per heavy atom. The van der Waals surface area contributed by atoms with E-state index >= 15 is 0 Å². The molecule has 1 amide bonds. The van der Waals surface area contributed by atoms with Crippen LogP contribution in [0.15, 0.2) is 36.9 Å². The maximum atomic E-state index is 12.0. The minimum absolute atomic E-state index is 0.0711. The molecule has 1 saturated carbocycles. The summed E-state index contributed by atoms with van der Waals surface area (Å²) < 4.78 is 10.9. The highest BCUT2D eigenvalue weighted by molar-refractivity contribution is 6.38. The van der Waals surface area contributed by atoms with Gasteiger partial charge in [0, 0.05) is 23.4 Å². The van der Waals surface area contributed by atoms with E-state index in [0.717, 1.165) is 41.6 Å². The van der Waals surface area contributed by atoms with Gasteiger partial charge in [-0.25, -0.2) is 5.43 Å². The Kier molecular flexibility index (Phi) is 7.19. The van der Waals surface area contributed by atoms with Crippen molar-refractivity contribution in [2.45, 2.75) is 44.2 Å². The number of methoxy groups -OCH3 is 2. The summed E-state index contributed by atoms with van der Waals surface area (Å²) in [4.78, 5) is 12.0. The van der Waals surface area contributed by atoms with Crippen molar-refractivity contribution in [3.63, 3.8) is 0 Å². The predicted molar refractivity (Wildman–Crippen MR) is 132 cm³/mol. The van der Waals surface area contributed by atoms with Gasteiger partial charge in [-0.2, -0.15) is 0 Å². The molecule has 1 saturated heterocycles. The third-order valence-corrected chi connectivity index (χ3v) is 7.54. The predicted octanol–water partition coefficient (Wildman–Crippen LogP) is 5.54. The molecule has 0 bridgehead atoms. The number of fused-ring (bicyclic) bond motifs is 1. The molecule has 1 aliphatic heterocycles. The highest BCUT2D eigenvalue weighted by atomic mass is 35.5. The van der Waals surface area contributed by atoms with Crippen LogP contribution in [-0.2, 0) is 4.79 Å². The first-order chi connectivity index (χ1) is 15.9. The second-order valence-corrected chi connectivity index (χ2v) is 9.41. The van der Waals surface area contributed by atoms with Gasteiger partial charge >= 0.3 is 0 Å². The molecule has 0 radical (unpaired) electrons. The summed E-state index contributed by atoms with van der Waals surface area (Å²) in [5.74, 6) is 1.43. The van der Waals surface area contributed by atoms with Crippen molar-refractivity contribution in [3.05, 3.63) is 63.7 Å². The van der Waals surface area contributed by atoms with E-state index < -0.39 is 0 Å². The van der Waals surface area contributed by atoms with Gasteiger partial charge < -0.3 is 14.8 Å². The van der Waals surface area contributed by atoms with Crippen LogP contribution in [0.5, 0.6) is 11.5 Å². The van der Waals surface area contributed by atoms with Crippen LogP contribution in [0.25, 0.3) is 0 Å². The van der Waals surface area contributed by atoms with Crippen LogP contribution in [-0.4, -0.2) is 26.2 Å². The van der Waals surface area contributed by atoms with Crippen LogP contribution in [0.2, 0.25) is 10.0 Å². The SMILES string of the molecule is C=CC(=O)Nc1ccc(C)cc1C1NNC2CC(c3c(Cl)c(OC)cc(OC)c3Cl)CCC21. The first-order valence-electron chi connectivity index (χ1n) is 11.0. The van der Waals surface area contributed by atoms with E-state index in [0.29, 0.717) is 27.5 Å². The lowest BCUT2D eigenvalue weighted by Crippen LogP contribution is -2.35.